The fourth-order valence-corrected chi connectivity index (χ4v) is 0.753. The van der Waals surface area contributed by atoms with E-state index in [4.69, 9.17) is 11.6 Å². The lowest BCUT2D eigenvalue weighted by Gasteiger charge is -1.98. The molecule has 0 aromatic heterocycles. The summed E-state index contributed by atoms with van der Waals surface area (Å²) in [5.74, 6) is 5.12. The molecule has 0 spiro atoms. The summed E-state index contributed by atoms with van der Waals surface area (Å²) < 4.78 is 0. The molecule has 0 unspecified atom stereocenters. The van der Waals surface area contributed by atoms with Crippen molar-refractivity contribution in [2.75, 3.05) is 5.73 Å². The second-order valence-electron chi connectivity index (χ2n) is 2.12. The summed E-state index contributed by atoms with van der Waals surface area (Å²) in [6.45, 7) is 0.681. The number of nitrogen functional groups attached to an aromatic ring is 1. The van der Waals surface area contributed by atoms with E-state index in [-0.39, 0.29) is 0 Å². The lowest BCUT2D eigenvalue weighted by molar-refractivity contribution is 0.741. The molecule has 10 heavy (non-hydrogen) atoms. The number of hydrogen-bond donors (Lipinski definition) is 3. The number of nitrogens with one attached hydrogen (secondary N) is 1. The van der Waals surface area contributed by atoms with E-state index in [2.05, 4.69) is 5.43 Å². The van der Waals surface area contributed by atoms with E-state index in [1.165, 1.54) is 0 Å². The summed E-state index contributed by atoms with van der Waals surface area (Å²) in [5, 5.41) is 0. The van der Waals surface area contributed by atoms with Gasteiger partial charge >= 0.3 is 0 Å². The minimum atomic E-state index is 0.681. The van der Waals surface area contributed by atoms with E-state index in [1.807, 2.05) is 24.3 Å². The van der Waals surface area contributed by atoms with Crippen molar-refractivity contribution < 1.29 is 0 Å². The summed E-state index contributed by atoms with van der Waals surface area (Å²) in [7, 11) is 0. The van der Waals surface area contributed by atoms with E-state index in [9.17, 15) is 0 Å². The number of rotatable bonds is 2. The summed E-state index contributed by atoms with van der Waals surface area (Å²) in [5.41, 5.74) is 9.95. The lowest BCUT2D eigenvalue weighted by Crippen LogP contribution is -2.20. The molecule has 0 aliphatic carbocycles. The monoisotopic (exact) mass is 137 g/mol. The molecule has 1 aromatic carbocycles. The van der Waals surface area contributed by atoms with Crippen LogP contribution < -0.4 is 17.0 Å². The van der Waals surface area contributed by atoms with Gasteiger partial charge in [-0.2, -0.15) is 0 Å². The highest BCUT2D eigenvalue weighted by molar-refractivity contribution is 5.39. The van der Waals surface area contributed by atoms with E-state index in [0.717, 1.165) is 11.3 Å². The number of benzene rings is 1. The van der Waals surface area contributed by atoms with Crippen LogP contribution in [0.15, 0.2) is 24.3 Å². The summed E-state index contributed by atoms with van der Waals surface area (Å²) >= 11 is 0. The predicted octanol–water partition coefficient (Wildman–Crippen LogP) is 0.232. The maximum Gasteiger partial charge on any atom is 0.0348 e. The van der Waals surface area contributed by atoms with E-state index >= 15 is 0 Å². The molecule has 0 saturated carbocycles. The van der Waals surface area contributed by atoms with E-state index in [0.29, 0.717) is 6.54 Å². The number of anilines is 1. The van der Waals surface area contributed by atoms with Gasteiger partial charge < -0.3 is 5.73 Å². The average molecular weight is 137 g/mol. The molecule has 0 aliphatic heterocycles. The Morgan fingerprint density at radius 1 is 1.20 bits per heavy atom. The largest absolute Gasteiger partial charge is 0.399 e. The Labute approximate surface area is 60.0 Å². The zero-order valence-corrected chi connectivity index (χ0v) is 5.67. The van der Waals surface area contributed by atoms with Crippen LogP contribution >= 0.6 is 0 Å². The third-order valence-corrected chi connectivity index (χ3v) is 1.29. The van der Waals surface area contributed by atoms with Crippen molar-refractivity contribution in [3.8, 4) is 0 Å². The Hall–Kier alpha value is -1.06. The van der Waals surface area contributed by atoms with Gasteiger partial charge in [-0.25, -0.2) is 0 Å². The Morgan fingerprint density at radius 2 is 1.80 bits per heavy atom. The lowest BCUT2D eigenvalue weighted by atomic mass is 10.2. The topological polar surface area (TPSA) is 64.1 Å². The minimum Gasteiger partial charge on any atom is -0.399 e. The summed E-state index contributed by atoms with van der Waals surface area (Å²) in [4.78, 5) is 0. The molecular weight excluding hydrogens is 126 g/mol. The Balaban J connectivity index is 2.69. The highest BCUT2D eigenvalue weighted by Gasteiger charge is 1.87. The highest BCUT2D eigenvalue weighted by Crippen LogP contribution is 2.03. The molecule has 0 saturated heterocycles. The maximum atomic E-state index is 5.47. The molecule has 3 nitrogen and oxygen atoms in total. The van der Waals surface area contributed by atoms with Crippen molar-refractivity contribution in [2.45, 2.75) is 6.54 Å². The number of hydrogen-bond acceptors (Lipinski definition) is 3. The van der Waals surface area contributed by atoms with Crippen LogP contribution in [0.25, 0.3) is 0 Å². The van der Waals surface area contributed by atoms with Crippen molar-refractivity contribution in [1.82, 2.24) is 5.43 Å². The third kappa shape index (κ3) is 1.72. The quantitative estimate of drug-likeness (QED) is 0.310. The van der Waals surface area contributed by atoms with Crippen molar-refractivity contribution in [1.29, 1.82) is 0 Å². The SMILES string of the molecule is NNCc1ccc(N)cc1. The fourth-order valence-electron chi connectivity index (χ4n) is 0.753. The number of hydrazine groups is 1. The Morgan fingerprint density at radius 3 is 2.30 bits per heavy atom. The van der Waals surface area contributed by atoms with Crippen molar-refractivity contribution in [3.63, 3.8) is 0 Å². The smallest absolute Gasteiger partial charge is 0.0348 e. The van der Waals surface area contributed by atoms with Gasteiger partial charge in [0.2, 0.25) is 0 Å². The van der Waals surface area contributed by atoms with Crippen LogP contribution in [0.2, 0.25) is 0 Å². The Bertz CT molecular complexity index is 193. The second-order valence-corrected chi connectivity index (χ2v) is 2.12. The van der Waals surface area contributed by atoms with Crippen molar-refractivity contribution in [2.24, 2.45) is 5.84 Å². The first kappa shape index (κ1) is 7.05. The van der Waals surface area contributed by atoms with Gasteiger partial charge in [0.1, 0.15) is 0 Å². The molecule has 54 valence electrons. The average Bonchev–Trinajstić information content (AvgIpc) is 1.95. The van der Waals surface area contributed by atoms with Crippen molar-refractivity contribution in [3.05, 3.63) is 29.8 Å². The predicted molar refractivity (Wildman–Crippen MR) is 41.9 cm³/mol. The van der Waals surface area contributed by atoms with Gasteiger partial charge in [-0.05, 0) is 17.7 Å². The van der Waals surface area contributed by atoms with Gasteiger partial charge in [0.15, 0.2) is 0 Å². The molecule has 1 aromatic rings. The Kier molecular flexibility index (Phi) is 2.25. The van der Waals surface area contributed by atoms with Crippen LogP contribution in [0.3, 0.4) is 0 Å². The fraction of sp³-hybridized carbons (Fsp3) is 0.143. The van der Waals surface area contributed by atoms with Crippen LogP contribution in [0.5, 0.6) is 0 Å². The van der Waals surface area contributed by atoms with Crippen LogP contribution in [0, 0.1) is 0 Å². The molecule has 3 heteroatoms. The van der Waals surface area contributed by atoms with Crippen LogP contribution in [0.1, 0.15) is 5.56 Å². The zero-order chi connectivity index (χ0) is 7.40. The van der Waals surface area contributed by atoms with Gasteiger partial charge in [0.05, 0.1) is 0 Å². The normalized spacial score (nSPS) is 9.70. The first-order chi connectivity index (χ1) is 4.83. The first-order valence-corrected chi connectivity index (χ1v) is 3.11. The highest BCUT2D eigenvalue weighted by atomic mass is 15.2. The second kappa shape index (κ2) is 3.20. The van der Waals surface area contributed by atoms with Crippen LogP contribution in [0.4, 0.5) is 5.69 Å². The van der Waals surface area contributed by atoms with Gasteiger partial charge in [0, 0.05) is 12.2 Å². The molecule has 0 amide bonds. The molecule has 0 atom stereocenters. The molecule has 0 heterocycles. The van der Waals surface area contributed by atoms with E-state index < -0.39 is 0 Å². The van der Waals surface area contributed by atoms with Gasteiger partial charge in [-0.1, -0.05) is 12.1 Å². The van der Waals surface area contributed by atoms with Crippen molar-refractivity contribution >= 4 is 5.69 Å². The minimum absolute atomic E-state index is 0.681. The molecule has 0 radical (unpaired) electrons. The standard InChI is InChI=1S/C7H11N3/c8-7-3-1-6(2-4-7)5-10-9/h1-4,10H,5,8-9H2. The van der Waals surface area contributed by atoms with Gasteiger partial charge in [0.25, 0.3) is 0 Å². The number of nitrogens with two attached hydrogens (primary N) is 2. The molecule has 1 rings (SSSR count). The van der Waals surface area contributed by atoms with Crippen LogP contribution in [-0.2, 0) is 6.54 Å². The van der Waals surface area contributed by atoms with Gasteiger partial charge in [-0.3, -0.25) is 11.3 Å². The zero-order valence-electron chi connectivity index (χ0n) is 5.67. The first-order valence-electron chi connectivity index (χ1n) is 3.11. The molecular formula is C7H11N3. The molecule has 0 aliphatic rings. The summed E-state index contributed by atoms with van der Waals surface area (Å²) in [6, 6.07) is 7.59. The summed E-state index contributed by atoms with van der Waals surface area (Å²) in [6.07, 6.45) is 0. The van der Waals surface area contributed by atoms with Crippen LogP contribution in [-0.4, -0.2) is 0 Å². The van der Waals surface area contributed by atoms with E-state index in [1.54, 1.807) is 0 Å². The third-order valence-electron chi connectivity index (χ3n) is 1.29. The van der Waals surface area contributed by atoms with Gasteiger partial charge in [-0.15, -0.1) is 0 Å². The molecule has 0 fully saturated rings. The maximum absolute atomic E-state index is 5.47. The molecule has 5 N–H and O–H groups in total. The molecule has 0 bridgehead atoms.